The van der Waals surface area contributed by atoms with Gasteiger partial charge in [0, 0.05) is 23.5 Å². The van der Waals surface area contributed by atoms with E-state index < -0.39 is 0 Å². The number of amides is 2. The van der Waals surface area contributed by atoms with Gasteiger partial charge in [0.25, 0.3) is 0 Å². The van der Waals surface area contributed by atoms with E-state index in [0.29, 0.717) is 5.82 Å². The van der Waals surface area contributed by atoms with Gasteiger partial charge in [-0.2, -0.15) is 9.90 Å². The zero-order valence-corrected chi connectivity index (χ0v) is 12.8. The average Bonchev–Trinajstić information content (AvgIpc) is 3.03. The number of carbonyl (C=O) groups excluding carboxylic acids is 2. The summed E-state index contributed by atoms with van der Waals surface area (Å²) in [5.74, 6) is -0.174. The normalized spacial score (nSPS) is 10.7. The number of hydrogen-bond donors (Lipinski definition) is 3. The van der Waals surface area contributed by atoms with E-state index in [-0.39, 0.29) is 18.4 Å². The molecule has 0 aliphatic carbocycles. The van der Waals surface area contributed by atoms with Gasteiger partial charge in [-0.3, -0.25) is 9.59 Å². The zero-order chi connectivity index (χ0) is 16.4. The van der Waals surface area contributed by atoms with Crippen LogP contribution in [0.15, 0.2) is 30.5 Å². The summed E-state index contributed by atoms with van der Waals surface area (Å²) in [6.07, 6.45) is 1.39. The molecule has 0 saturated heterocycles. The van der Waals surface area contributed by atoms with Crippen molar-refractivity contribution in [2.45, 2.75) is 20.4 Å². The highest BCUT2D eigenvalue weighted by molar-refractivity contribution is 6.02. The van der Waals surface area contributed by atoms with Crippen molar-refractivity contribution in [2.24, 2.45) is 0 Å². The van der Waals surface area contributed by atoms with Crippen LogP contribution in [0.5, 0.6) is 0 Å². The van der Waals surface area contributed by atoms with E-state index in [4.69, 9.17) is 0 Å². The van der Waals surface area contributed by atoms with Gasteiger partial charge in [-0.1, -0.05) is 18.2 Å². The molecule has 3 N–H and O–H groups in total. The van der Waals surface area contributed by atoms with Gasteiger partial charge in [0.2, 0.25) is 11.8 Å². The van der Waals surface area contributed by atoms with Gasteiger partial charge in [0.1, 0.15) is 6.54 Å². The predicted octanol–water partition coefficient (Wildman–Crippen LogP) is 1.66. The van der Waals surface area contributed by atoms with E-state index in [9.17, 15) is 9.59 Å². The molecular formula is C15H16N6O2. The van der Waals surface area contributed by atoms with Crippen molar-refractivity contribution in [3.05, 3.63) is 36.2 Å². The molecule has 0 unspecified atom stereocenters. The van der Waals surface area contributed by atoms with Crippen LogP contribution in [0.4, 0.5) is 11.5 Å². The Kier molecular flexibility index (Phi) is 3.80. The van der Waals surface area contributed by atoms with Crippen molar-refractivity contribution in [1.29, 1.82) is 0 Å². The lowest BCUT2D eigenvalue weighted by Gasteiger charge is -2.05. The quantitative estimate of drug-likeness (QED) is 0.681. The molecule has 2 heterocycles. The van der Waals surface area contributed by atoms with Crippen LogP contribution in [0.2, 0.25) is 0 Å². The Morgan fingerprint density at radius 2 is 2.04 bits per heavy atom. The number of hydrogen-bond acceptors (Lipinski definition) is 4. The Balaban J connectivity index is 1.72. The lowest BCUT2D eigenvalue weighted by atomic mass is 10.2. The maximum atomic E-state index is 12.2. The van der Waals surface area contributed by atoms with Crippen molar-refractivity contribution >= 4 is 34.2 Å². The molecule has 0 fully saturated rings. The van der Waals surface area contributed by atoms with E-state index in [0.717, 1.165) is 22.3 Å². The number of H-pyrrole nitrogens is 1. The molecule has 3 rings (SSSR count). The van der Waals surface area contributed by atoms with Gasteiger partial charge in [-0.25, -0.2) is 0 Å². The van der Waals surface area contributed by atoms with Crippen LogP contribution in [0.3, 0.4) is 0 Å². The number of aromatic amines is 1. The number of nitrogens with zero attached hydrogens (tertiary/aromatic N) is 3. The molecule has 0 saturated carbocycles. The van der Waals surface area contributed by atoms with Gasteiger partial charge < -0.3 is 15.6 Å². The number of rotatable bonds is 4. The zero-order valence-electron chi connectivity index (χ0n) is 12.8. The summed E-state index contributed by atoms with van der Waals surface area (Å²) in [7, 11) is 0. The van der Waals surface area contributed by atoms with Gasteiger partial charge in [0.05, 0.1) is 11.9 Å². The van der Waals surface area contributed by atoms with E-state index in [1.807, 2.05) is 31.2 Å². The molecule has 0 radical (unpaired) electrons. The van der Waals surface area contributed by atoms with Gasteiger partial charge >= 0.3 is 0 Å². The van der Waals surface area contributed by atoms with Crippen LogP contribution in [-0.2, 0) is 16.1 Å². The highest BCUT2D eigenvalue weighted by Crippen LogP contribution is 2.26. The lowest BCUT2D eigenvalue weighted by Crippen LogP contribution is -2.20. The molecule has 0 bridgehead atoms. The summed E-state index contributed by atoms with van der Waals surface area (Å²) in [5.41, 5.74) is 2.59. The smallest absolute Gasteiger partial charge is 0.248 e. The van der Waals surface area contributed by atoms with Crippen molar-refractivity contribution < 1.29 is 9.59 Å². The summed E-state index contributed by atoms with van der Waals surface area (Å²) < 4.78 is 0. The molecule has 0 spiro atoms. The van der Waals surface area contributed by atoms with Crippen LogP contribution in [0.1, 0.15) is 12.6 Å². The lowest BCUT2D eigenvalue weighted by molar-refractivity contribution is -0.117. The highest BCUT2D eigenvalue weighted by Gasteiger charge is 2.12. The minimum atomic E-state index is -0.247. The van der Waals surface area contributed by atoms with E-state index >= 15 is 0 Å². The Labute approximate surface area is 131 Å². The number of carbonyl (C=O) groups is 2. The van der Waals surface area contributed by atoms with E-state index in [2.05, 4.69) is 25.8 Å². The third-order valence-electron chi connectivity index (χ3n) is 3.28. The number of aryl methyl sites for hydroxylation is 1. The van der Waals surface area contributed by atoms with Crippen LogP contribution in [0, 0.1) is 6.92 Å². The fourth-order valence-electron chi connectivity index (χ4n) is 2.36. The van der Waals surface area contributed by atoms with Gasteiger partial charge in [-0.05, 0) is 13.0 Å². The Morgan fingerprint density at radius 3 is 2.83 bits per heavy atom. The second-order valence-electron chi connectivity index (χ2n) is 5.16. The fraction of sp³-hybridized carbons (Fsp3) is 0.200. The summed E-state index contributed by atoms with van der Waals surface area (Å²) in [5, 5.41) is 14.3. The van der Waals surface area contributed by atoms with Crippen molar-refractivity contribution in [3.8, 4) is 0 Å². The summed E-state index contributed by atoms with van der Waals surface area (Å²) in [4.78, 5) is 27.6. The first-order valence-corrected chi connectivity index (χ1v) is 7.08. The highest BCUT2D eigenvalue weighted by atomic mass is 16.2. The third-order valence-corrected chi connectivity index (χ3v) is 3.28. The number of para-hydroxylation sites is 1. The first-order valence-electron chi connectivity index (χ1n) is 7.08. The van der Waals surface area contributed by atoms with Gasteiger partial charge in [-0.15, -0.1) is 5.10 Å². The largest absolute Gasteiger partial charge is 0.357 e. The first kappa shape index (κ1) is 14.8. The maximum Gasteiger partial charge on any atom is 0.248 e. The number of fused-ring (bicyclic) bond motifs is 1. The molecule has 1 aromatic carbocycles. The molecule has 3 aromatic rings. The molecule has 23 heavy (non-hydrogen) atoms. The maximum absolute atomic E-state index is 12.2. The van der Waals surface area contributed by atoms with Crippen molar-refractivity contribution in [3.63, 3.8) is 0 Å². The van der Waals surface area contributed by atoms with Crippen LogP contribution >= 0.6 is 0 Å². The number of benzene rings is 1. The van der Waals surface area contributed by atoms with Crippen molar-refractivity contribution in [1.82, 2.24) is 20.0 Å². The Bertz CT molecular complexity index is 879. The standard InChI is InChI=1S/C15H16N6O2/c1-9-15(11-5-3-4-6-12(11)17-9)19-14(23)8-21-16-7-13(20-21)18-10(2)22/h3-7,17H,8H2,1-2H3,(H,19,23)(H,18,20,22). The molecule has 0 aliphatic heterocycles. The molecular weight excluding hydrogens is 296 g/mol. The first-order chi connectivity index (χ1) is 11.0. The van der Waals surface area contributed by atoms with Crippen LogP contribution < -0.4 is 10.6 Å². The molecule has 8 nitrogen and oxygen atoms in total. The monoisotopic (exact) mass is 312 g/mol. The van der Waals surface area contributed by atoms with Crippen LogP contribution in [-0.4, -0.2) is 31.8 Å². The molecule has 0 aliphatic rings. The molecule has 118 valence electrons. The average molecular weight is 312 g/mol. The fourth-order valence-corrected chi connectivity index (χ4v) is 2.36. The second kappa shape index (κ2) is 5.91. The molecule has 2 amide bonds. The minimum Gasteiger partial charge on any atom is -0.357 e. The SMILES string of the molecule is CC(=O)Nc1cnn(CC(=O)Nc2c(C)[nH]c3ccccc23)n1. The third kappa shape index (κ3) is 3.20. The topological polar surface area (TPSA) is 105 Å². The summed E-state index contributed by atoms with van der Waals surface area (Å²) in [6.45, 7) is 3.24. The Hall–Kier alpha value is -3.16. The molecule has 2 aromatic heterocycles. The predicted molar refractivity (Wildman–Crippen MR) is 86.0 cm³/mol. The summed E-state index contributed by atoms with van der Waals surface area (Å²) >= 11 is 0. The molecule has 8 heteroatoms. The number of anilines is 2. The number of aromatic nitrogens is 4. The van der Waals surface area contributed by atoms with Crippen molar-refractivity contribution in [2.75, 3.05) is 10.6 Å². The summed E-state index contributed by atoms with van der Waals surface area (Å²) in [6, 6.07) is 7.74. The molecule has 0 atom stereocenters. The van der Waals surface area contributed by atoms with E-state index in [1.54, 1.807) is 0 Å². The second-order valence-corrected chi connectivity index (χ2v) is 5.16. The number of nitrogens with one attached hydrogen (secondary N) is 3. The van der Waals surface area contributed by atoms with Crippen LogP contribution in [0.25, 0.3) is 10.9 Å². The minimum absolute atomic E-state index is 0.0431. The Morgan fingerprint density at radius 1 is 1.26 bits per heavy atom. The van der Waals surface area contributed by atoms with E-state index in [1.165, 1.54) is 17.9 Å². The van der Waals surface area contributed by atoms with Gasteiger partial charge in [0.15, 0.2) is 5.82 Å².